The number of carbonyl (C=O) groups is 1. The summed E-state index contributed by atoms with van der Waals surface area (Å²) in [7, 11) is 0. The van der Waals surface area contributed by atoms with E-state index in [0.29, 0.717) is 0 Å². The van der Waals surface area contributed by atoms with Crippen LogP contribution >= 0.6 is 0 Å². The molecule has 1 aliphatic carbocycles. The predicted molar refractivity (Wildman–Crippen MR) is 60.6 cm³/mol. The van der Waals surface area contributed by atoms with Crippen LogP contribution in [0.1, 0.15) is 49.7 Å². The highest BCUT2D eigenvalue weighted by Crippen LogP contribution is 2.38. The Labute approximate surface area is 95.5 Å². The zero-order valence-corrected chi connectivity index (χ0v) is 9.82. The molecule has 88 valence electrons. The van der Waals surface area contributed by atoms with Crippen LogP contribution < -0.4 is 0 Å². The van der Waals surface area contributed by atoms with Crippen molar-refractivity contribution < 1.29 is 14.3 Å². The molecule has 3 nitrogen and oxygen atoms in total. The summed E-state index contributed by atoms with van der Waals surface area (Å²) in [5, 5.41) is 9.09. The third-order valence-electron chi connectivity index (χ3n) is 3.55. The number of rotatable bonds is 3. The number of carboxylic acids is 1. The van der Waals surface area contributed by atoms with E-state index in [2.05, 4.69) is 13.0 Å². The number of furan rings is 1. The molecule has 0 spiro atoms. The van der Waals surface area contributed by atoms with Crippen LogP contribution in [-0.4, -0.2) is 11.1 Å². The molecule has 16 heavy (non-hydrogen) atoms. The van der Waals surface area contributed by atoms with E-state index in [1.807, 2.05) is 0 Å². The summed E-state index contributed by atoms with van der Waals surface area (Å²) in [5.41, 5.74) is 1.14. The van der Waals surface area contributed by atoms with Gasteiger partial charge in [0.05, 0.1) is 5.92 Å². The quantitative estimate of drug-likeness (QED) is 0.855. The van der Waals surface area contributed by atoms with Crippen LogP contribution in [0.15, 0.2) is 10.5 Å². The summed E-state index contributed by atoms with van der Waals surface area (Å²) in [6.07, 6.45) is 3.83. The molecule has 1 N–H and O–H groups in total. The second-order valence-electron chi connectivity index (χ2n) is 4.57. The number of carboxylic acid groups (broad SMARTS) is 1. The first kappa shape index (κ1) is 11.2. The summed E-state index contributed by atoms with van der Waals surface area (Å²) in [4.78, 5) is 11.1. The van der Waals surface area contributed by atoms with E-state index in [4.69, 9.17) is 9.52 Å². The number of aliphatic carboxylic acids is 1. The van der Waals surface area contributed by atoms with Gasteiger partial charge in [0.1, 0.15) is 11.5 Å². The Bertz CT molecular complexity index is 392. The first-order valence-electron chi connectivity index (χ1n) is 5.97. The molecule has 0 saturated heterocycles. The van der Waals surface area contributed by atoms with Crippen molar-refractivity contribution in [3.05, 3.63) is 23.2 Å². The maximum atomic E-state index is 11.1. The van der Waals surface area contributed by atoms with Gasteiger partial charge in [-0.1, -0.05) is 13.8 Å². The molecule has 0 aromatic carbocycles. The lowest BCUT2D eigenvalue weighted by Gasteiger charge is -2.24. The van der Waals surface area contributed by atoms with Crippen LogP contribution in [0.4, 0.5) is 0 Å². The minimum absolute atomic E-state index is 0.130. The number of hydrogen-bond acceptors (Lipinski definition) is 2. The molecule has 1 aromatic rings. The first-order valence-corrected chi connectivity index (χ1v) is 5.97. The van der Waals surface area contributed by atoms with Crippen molar-refractivity contribution in [3.63, 3.8) is 0 Å². The van der Waals surface area contributed by atoms with Crippen LogP contribution in [0, 0.1) is 5.92 Å². The van der Waals surface area contributed by atoms with Crippen molar-refractivity contribution in [2.75, 3.05) is 0 Å². The Morgan fingerprint density at radius 3 is 3.06 bits per heavy atom. The van der Waals surface area contributed by atoms with Gasteiger partial charge >= 0.3 is 5.97 Å². The molecule has 0 amide bonds. The first-order chi connectivity index (χ1) is 7.63. The zero-order chi connectivity index (χ0) is 11.7. The summed E-state index contributed by atoms with van der Waals surface area (Å²) in [6, 6.07) is 2.05. The molecule has 3 heteroatoms. The highest BCUT2D eigenvalue weighted by atomic mass is 16.4. The van der Waals surface area contributed by atoms with E-state index in [9.17, 15) is 4.79 Å². The van der Waals surface area contributed by atoms with Crippen LogP contribution in [-0.2, 0) is 17.6 Å². The molecule has 0 aliphatic heterocycles. The predicted octanol–water partition coefficient (Wildman–Crippen LogP) is 2.98. The molecule has 1 aliphatic rings. The Hall–Kier alpha value is -1.25. The monoisotopic (exact) mass is 222 g/mol. The normalized spacial score (nSPS) is 21.5. The van der Waals surface area contributed by atoms with Gasteiger partial charge in [0.2, 0.25) is 0 Å². The minimum atomic E-state index is -0.711. The summed E-state index contributed by atoms with van der Waals surface area (Å²) in [6.45, 7) is 3.85. The Kier molecular flexibility index (Phi) is 3.03. The topological polar surface area (TPSA) is 50.4 Å². The largest absolute Gasteiger partial charge is 0.481 e. The lowest BCUT2D eigenvalue weighted by Crippen LogP contribution is -2.21. The summed E-state index contributed by atoms with van der Waals surface area (Å²) < 4.78 is 5.72. The Balaban J connectivity index is 2.32. The molecule has 1 aromatic heterocycles. The SMILES string of the molecule is CCc1cc2c(o1)CCCC2C(C)C(=O)O. The van der Waals surface area contributed by atoms with E-state index >= 15 is 0 Å². The number of fused-ring (bicyclic) bond motifs is 1. The molecule has 0 radical (unpaired) electrons. The standard InChI is InChI=1S/C13H18O3/c1-3-9-7-11-10(8(2)13(14)15)5-4-6-12(11)16-9/h7-8,10H,3-6H2,1-2H3,(H,14,15). The lowest BCUT2D eigenvalue weighted by atomic mass is 9.79. The maximum absolute atomic E-state index is 11.1. The van der Waals surface area contributed by atoms with Crippen molar-refractivity contribution >= 4 is 5.97 Å². The van der Waals surface area contributed by atoms with Crippen molar-refractivity contribution in [2.24, 2.45) is 5.92 Å². The highest BCUT2D eigenvalue weighted by molar-refractivity contribution is 5.71. The van der Waals surface area contributed by atoms with Crippen molar-refractivity contribution in [3.8, 4) is 0 Å². The zero-order valence-electron chi connectivity index (χ0n) is 9.82. The van der Waals surface area contributed by atoms with Crippen LogP contribution in [0.25, 0.3) is 0 Å². The van der Waals surface area contributed by atoms with E-state index in [1.54, 1.807) is 6.92 Å². The fourth-order valence-corrected chi connectivity index (χ4v) is 2.51. The second kappa shape index (κ2) is 4.32. The third kappa shape index (κ3) is 1.86. The molecule has 0 fully saturated rings. The van der Waals surface area contributed by atoms with Crippen molar-refractivity contribution in [1.29, 1.82) is 0 Å². The fourth-order valence-electron chi connectivity index (χ4n) is 2.51. The van der Waals surface area contributed by atoms with E-state index < -0.39 is 5.97 Å². The van der Waals surface area contributed by atoms with Gasteiger partial charge in [0, 0.05) is 18.8 Å². The van der Waals surface area contributed by atoms with Gasteiger partial charge in [-0.25, -0.2) is 0 Å². The lowest BCUT2D eigenvalue weighted by molar-refractivity contribution is -0.142. The van der Waals surface area contributed by atoms with Gasteiger partial charge in [-0.15, -0.1) is 0 Å². The fraction of sp³-hybridized carbons (Fsp3) is 0.615. The highest BCUT2D eigenvalue weighted by Gasteiger charge is 2.31. The maximum Gasteiger partial charge on any atom is 0.306 e. The molecule has 0 bridgehead atoms. The number of aryl methyl sites for hydroxylation is 2. The summed E-state index contributed by atoms with van der Waals surface area (Å²) >= 11 is 0. The average Bonchev–Trinajstić information content (AvgIpc) is 2.70. The van der Waals surface area contributed by atoms with Crippen LogP contribution in [0.2, 0.25) is 0 Å². The summed E-state index contributed by atoms with van der Waals surface area (Å²) in [5.74, 6) is 1.10. The van der Waals surface area contributed by atoms with E-state index in [-0.39, 0.29) is 11.8 Å². The van der Waals surface area contributed by atoms with Gasteiger partial charge in [-0.3, -0.25) is 4.79 Å². The smallest absolute Gasteiger partial charge is 0.306 e. The Morgan fingerprint density at radius 1 is 1.69 bits per heavy atom. The van der Waals surface area contributed by atoms with E-state index in [0.717, 1.165) is 42.8 Å². The van der Waals surface area contributed by atoms with Crippen molar-refractivity contribution in [1.82, 2.24) is 0 Å². The van der Waals surface area contributed by atoms with Gasteiger partial charge < -0.3 is 9.52 Å². The van der Waals surface area contributed by atoms with Crippen molar-refractivity contribution in [2.45, 2.75) is 45.4 Å². The van der Waals surface area contributed by atoms with Crippen LogP contribution in [0.5, 0.6) is 0 Å². The minimum Gasteiger partial charge on any atom is -0.481 e. The Morgan fingerprint density at radius 2 is 2.44 bits per heavy atom. The van der Waals surface area contributed by atoms with Gasteiger partial charge in [0.25, 0.3) is 0 Å². The molecule has 0 saturated carbocycles. The van der Waals surface area contributed by atoms with Gasteiger partial charge in [0.15, 0.2) is 0 Å². The molecule has 2 rings (SSSR count). The average molecular weight is 222 g/mol. The second-order valence-corrected chi connectivity index (χ2v) is 4.57. The van der Waals surface area contributed by atoms with Gasteiger partial charge in [-0.2, -0.15) is 0 Å². The molecular formula is C13H18O3. The molecule has 2 unspecified atom stereocenters. The van der Waals surface area contributed by atoms with Gasteiger partial charge in [-0.05, 0) is 24.5 Å². The van der Waals surface area contributed by atoms with E-state index in [1.165, 1.54) is 0 Å². The molecule has 1 heterocycles. The molecule has 2 atom stereocenters. The van der Waals surface area contributed by atoms with Crippen LogP contribution in [0.3, 0.4) is 0 Å². The third-order valence-corrected chi connectivity index (χ3v) is 3.55. The number of hydrogen-bond donors (Lipinski definition) is 1. The molecular weight excluding hydrogens is 204 g/mol.